The molecule has 9 heteroatoms. The van der Waals surface area contributed by atoms with Crippen LogP contribution in [0.1, 0.15) is 45.3 Å². The number of hydrogen-bond acceptors (Lipinski definition) is 5. The van der Waals surface area contributed by atoms with Gasteiger partial charge in [-0.15, -0.1) is 24.0 Å². The summed E-state index contributed by atoms with van der Waals surface area (Å²) in [4.78, 5) is 11.7. The fraction of sp³-hybridized carbons (Fsp3) is 0.833. The maximum Gasteiger partial charge on any atom is 0.191 e. The first-order chi connectivity index (χ1) is 12.7. The summed E-state index contributed by atoms with van der Waals surface area (Å²) in [5.74, 6) is 2.71. The Kier molecular flexibility index (Phi) is 11.8. The Balaban J connectivity index is 0.00000364. The number of likely N-dealkylation sites (N-methyl/N-ethyl adjacent to an activating group) is 1. The van der Waals surface area contributed by atoms with Gasteiger partial charge in [0.2, 0.25) is 0 Å². The maximum atomic E-state index is 5.13. The molecule has 0 saturated carbocycles. The van der Waals surface area contributed by atoms with Crippen LogP contribution < -0.4 is 10.6 Å². The van der Waals surface area contributed by atoms with E-state index in [2.05, 4.69) is 46.4 Å². The number of rotatable bonds is 10. The minimum Gasteiger partial charge on any atom is -0.377 e. The van der Waals surface area contributed by atoms with Gasteiger partial charge in [-0.05, 0) is 32.9 Å². The van der Waals surface area contributed by atoms with E-state index in [0.29, 0.717) is 12.6 Å². The summed E-state index contributed by atoms with van der Waals surface area (Å²) in [6.45, 7) is 12.7. The summed E-state index contributed by atoms with van der Waals surface area (Å²) in [6.07, 6.45) is 3.14. The zero-order valence-corrected chi connectivity index (χ0v) is 19.5. The smallest absolute Gasteiger partial charge is 0.191 e. The van der Waals surface area contributed by atoms with Crippen LogP contribution in [0.3, 0.4) is 0 Å². The van der Waals surface area contributed by atoms with Gasteiger partial charge in [0.1, 0.15) is 12.4 Å². The van der Waals surface area contributed by atoms with Crippen molar-refractivity contribution < 1.29 is 4.74 Å². The van der Waals surface area contributed by atoms with Gasteiger partial charge in [0.05, 0.1) is 13.1 Å². The van der Waals surface area contributed by atoms with Crippen molar-refractivity contribution in [3.63, 3.8) is 0 Å². The first-order valence-electron chi connectivity index (χ1n) is 9.88. The van der Waals surface area contributed by atoms with E-state index >= 15 is 0 Å². The van der Waals surface area contributed by atoms with Crippen LogP contribution >= 0.6 is 24.0 Å². The Morgan fingerprint density at radius 1 is 1.33 bits per heavy atom. The van der Waals surface area contributed by atoms with Crippen LogP contribution in [0, 0.1) is 0 Å². The number of guanidine groups is 1. The third-order valence-corrected chi connectivity index (χ3v) is 4.53. The zero-order chi connectivity index (χ0) is 18.8. The van der Waals surface area contributed by atoms with Crippen molar-refractivity contribution in [2.24, 2.45) is 4.99 Å². The van der Waals surface area contributed by atoms with E-state index in [-0.39, 0.29) is 24.0 Å². The van der Waals surface area contributed by atoms with Crippen LogP contribution in [0.25, 0.3) is 0 Å². The van der Waals surface area contributed by atoms with Crippen LogP contribution in [0.2, 0.25) is 0 Å². The summed E-state index contributed by atoms with van der Waals surface area (Å²) in [5.41, 5.74) is 0. The molecule has 156 valence electrons. The summed E-state index contributed by atoms with van der Waals surface area (Å²) in [7, 11) is 1.67. The van der Waals surface area contributed by atoms with Gasteiger partial charge in [-0.3, -0.25) is 4.99 Å². The number of nitrogens with one attached hydrogen (secondary N) is 2. The molecule has 0 fully saturated rings. The lowest BCUT2D eigenvalue weighted by atomic mass is 10.1. The Labute approximate surface area is 180 Å². The number of methoxy groups -OCH3 is 1. The highest BCUT2D eigenvalue weighted by Crippen LogP contribution is 2.13. The topological polar surface area (TPSA) is 79.6 Å². The van der Waals surface area contributed by atoms with Gasteiger partial charge in [-0.25, -0.2) is 9.67 Å². The summed E-state index contributed by atoms with van der Waals surface area (Å²) >= 11 is 0. The van der Waals surface area contributed by atoms with Crippen LogP contribution in [-0.4, -0.2) is 71.5 Å². The Bertz CT molecular complexity index is 564. The minimum absolute atomic E-state index is 0. The van der Waals surface area contributed by atoms with Crippen molar-refractivity contribution in [2.75, 3.05) is 39.8 Å². The van der Waals surface area contributed by atoms with E-state index < -0.39 is 0 Å². The number of hydrogen-bond donors (Lipinski definition) is 2. The van der Waals surface area contributed by atoms with Crippen molar-refractivity contribution >= 4 is 29.9 Å². The Morgan fingerprint density at radius 3 is 2.81 bits per heavy atom. The molecule has 27 heavy (non-hydrogen) atoms. The summed E-state index contributed by atoms with van der Waals surface area (Å²) in [5, 5.41) is 11.5. The summed E-state index contributed by atoms with van der Waals surface area (Å²) in [6, 6.07) is 0.315. The second-order valence-corrected chi connectivity index (χ2v) is 6.63. The van der Waals surface area contributed by atoms with E-state index in [1.165, 1.54) is 6.42 Å². The number of aliphatic imine (C=N–C) groups is 1. The lowest BCUT2D eigenvalue weighted by Gasteiger charge is -2.25. The van der Waals surface area contributed by atoms with Gasteiger partial charge >= 0.3 is 0 Å². The van der Waals surface area contributed by atoms with Crippen molar-refractivity contribution in [2.45, 2.75) is 59.2 Å². The molecule has 2 heterocycles. The van der Waals surface area contributed by atoms with Gasteiger partial charge in [0.15, 0.2) is 11.8 Å². The highest BCUT2D eigenvalue weighted by atomic mass is 127. The van der Waals surface area contributed by atoms with Gasteiger partial charge in [0, 0.05) is 32.7 Å². The predicted molar refractivity (Wildman–Crippen MR) is 120 cm³/mol. The molecule has 0 saturated heterocycles. The molecule has 2 N–H and O–H groups in total. The number of fused-ring (bicyclic) bond motifs is 1. The molecule has 1 unspecified atom stereocenters. The molecule has 1 aliphatic rings. The Hall–Kier alpha value is -0.940. The number of ether oxygens (including phenoxy) is 1. The fourth-order valence-corrected chi connectivity index (χ4v) is 3.23. The summed E-state index contributed by atoms with van der Waals surface area (Å²) < 4.78 is 7.13. The fourth-order valence-electron chi connectivity index (χ4n) is 3.23. The molecular formula is C18H36IN7O. The second-order valence-electron chi connectivity index (χ2n) is 6.63. The molecule has 0 radical (unpaired) electrons. The number of aryl methyl sites for hydroxylation is 1. The molecule has 0 bridgehead atoms. The van der Waals surface area contributed by atoms with Gasteiger partial charge < -0.3 is 20.3 Å². The van der Waals surface area contributed by atoms with Gasteiger partial charge in [-0.2, -0.15) is 5.10 Å². The van der Waals surface area contributed by atoms with Crippen LogP contribution in [0.4, 0.5) is 0 Å². The van der Waals surface area contributed by atoms with Crippen molar-refractivity contribution in [3.05, 3.63) is 11.6 Å². The third-order valence-electron chi connectivity index (χ3n) is 4.53. The highest BCUT2D eigenvalue weighted by molar-refractivity contribution is 14.0. The zero-order valence-electron chi connectivity index (χ0n) is 17.2. The predicted octanol–water partition coefficient (Wildman–Crippen LogP) is 1.64. The average Bonchev–Trinajstić information content (AvgIpc) is 3.03. The largest absolute Gasteiger partial charge is 0.377 e. The number of halogens is 1. The lowest BCUT2D eigenvalue weighted by molar-refractivity contribution is 0.177. The molecule has 1 aromatic rings. The van der Waals surface area contributed by atoms with Crippen LogP contribution in [0.5, 0.6) is 0 Å². The van der Waals surface area contributed by atoms with E-state index in [0.717, 1.165) is 69.7 Å². The van der Waals surface area contributed by atoms with E-state index in [1.54, 1.807) is 7.11 Å². The van der Waals surface area contributed by atoms with Gasteiger partial charge in [0.25, 0.3) is 0 Å². The normalized spacial score (nSPS) is 16.8. The van der Waals surface area contributed by atoms with Crippen LogP contribution in [0.15, 0.2) is 4.99 Å². The molecule has 1 atom stereocenters. The molecule has 0 aromatic carbocycles. The first-order valence-corrected chi connectivity index (χ1v) is 9.88. The lowest BCUT2D eigenvalue weighted by Crippen LogP contribution is -2.47. The molecule has 0 aliphatic carbocycles. The molecule has 2 rings (SSSR count). The van der Waals surface area contributed by atoms with E-state index in [9.17, 15) is 0 Å². The van der Waals surface area contributed by atoms with E-state index in [1.807, 2.05) is 4.68 Å². The highest BCUT2D eigenvalue weighted by Gasteiger charge is 2.22. The minimum atomic E-state index is 0. The first kappa shape index (κ1) is 24.1. The van der Waals surface area contributed by atoms with Crippen molar-refractivity contribution in [1.29, 1.82) is 0 Å². The molecule has 1 aliphatic heterocycles. The van der Waals surface area contributed by atoms with Crippen molar-refractivity contribution in [3.8, 4) is 0 Å². The van der Waals surface area contributed by atoms with Crippen molar-refractivity contribution in [1.82, 2.24) is 30.3 Å². The third kappa shape index (κ3) is 7.90. The molecule has 0 amide bonds. The van der Waals surface area contributed by atoms with Crippen LogP contribution in [-0.2, 0) is 24.3 Å². The van der Waals surface area contributed by atoms with Gasteiger partial charge in [-0.1, -0.05) is 13.8 Å². The molecule has 8 nitrogen and oxygen atoms in total. The number of nitrogens with zero attached hydrogens (tertiary/aromatic N) is 5. The monoisotopic (exact) mass is 493 g/mol. The molecular weight excluding hydrogens is 457 g/mol. The van der Waals surface area contributed by atoms with E-state index in [4.69, 9.17) is 9.73 Å². The second kappa shape index (κ2) is 13.3. The number of aromatic nitrogens is 3. The average molecular weight is 493 g/mol. The SMILES string of the molecule is CCCN(CC)CCN=C(NCC)NC1CCc2nc(COC)nn2C1.I. The standard InChI is InChI=1S/C18H35N7O.HI/c1-5-11-24(7-3)12-10-20-18(19-6-2)21-15-8-9-17-22-16(14-26-4)23-25(17)13-15;/h15H,5-14H2,1-4H3,(H2,19,20,21);1H. The Morgan fingerprint density at radius 2 is 2.15 bits per heavy atom. The molecule has 0 spiro atoms. The molecule has 1 aromatic heterocycles. The maximum absolute atomic E-state index is 5.13. The quantitative estimate of drug-likeness (QED) is 0.293.